The SMILES string of the molecule is O=[PH](O)OS(=O)O[PH](=O)O.[NaH]. The molecule has 0 bridgehead atoms. The standard InChI is InChI=1S/Na.H4O7P2S.H/c;1-8(2)6-10(5)7-9(3)4;/h;8-9H,(H,1,2)(H,3,4);. The average molecular weight is 234 g/mol. The van der Waals surface area contributed by atoms with Gasteiger partial charge in [0.25, 0.3) is 0 Å². The van der Waals surface area contributed by atoms with E-state index in [1.165, 1.54) is 0 Å². The van der Waals surface area contributed by atoms with E-state index in [1.54, 1.807) is 0 Å². The molecular formula is H5NaO7P2S. The van der Waals surface area contributed by atoms with E-state index in [-0.39, 0.29) is 29.6 Å². The van der Waals surface area contributed by atoms with Crippen molar-refractivity contribution in [1.29, 1.82) is 0 Å². The molecule has 0 aliphatic carbocycles. The van der Waals surface area contributed by atoms with E-state index < -0.39 is 27.9 Å². The Kier molecular flexibility index (Phi) is 11.0. The molecule has 0 aromatic carbocycles. The molecule has 2 atom stereocenters. The van der Waals surface area contributed by atoms with E-state index in [9.17, 15) is 13.3 Å². The molecule has 7 nitrogen and oxygen atoms in total. The predicted molar refractivity (Wildman–Crippen MR) is 39.9 cm³/mol. The maximum absolute atomic E-state index is 10.1. The number of rotatable bonds is 4. The van der Waals surface area contributed by atoms with Crippen LogP contribution in [0.1, 0.15) is 0 Å². The first-order valence-electron chi connectivity index (χ1n) is 1.76. The second-order valence-electron chi connectivity index (χ2n) is 0.903. The summed E-state index contributed by atoms with van der Waals surface area (Å²) in [7, 11) is -6.78. The van der Waals surface area contributed by atoms with Crippen molar-refractivity contribution in [2.24, 2.45) is 0 Å². The van der Waals surface area contributed by atoms with Gasteiger partial charge in [0.2, 0.25) is 0 Å². The van der Waals surface area contributed by atoms with Crippen LogP contribution in [-0.2, 0) is 28.4 Å². The molecule has 0 saturated carbocycles. The zero-order valence-electron chi connectivity index (χ0n) is 4.34. The van der Waals surface area contributed by atoms with Crippen molar-refractivity contribution < 1.29 is 31.1 Å². The number of hydrogen-bond acceptors (Lipinski definition) is 5. The quantitative estimate of drug-likeness (QED) is 0.460. The van der Waals surface area contributed by atoms with Crippen LogP contribution in [0.2, 0.25) is 0 Å². The summed E-state index contributed by atoms with van der Waals surface area (Å²) in [6.45, 7) is 0. The molecule has 0 fully saturated rings. The summed E-state index contributed by atoms with van der Waals surface area (Å²) in [5.41, 5.74) is 0. The van der Waals surface area contributed by atoms with E-state index >= 15 is 0 Å². The fraction of sp³-hybridized carbons (Fsp3) is 0. The van der Waals surface area contributed by atoms with Crippen LogP contribution in [0, 0.1) is 0 Å². The molecule has 0 aromatic rings. The first-order chi connectivity index (χ1) is 4.52. The summed E-state index contributed by atoms with van der Waals surface area (Å²) < 4.78 is 36.6. The Hall–Kier alpha value is 1.45. The average Bonchev–Trinajstić information content (AvgIpc) is 1.58. The van der Waals surface area contributed by atoms with Crippen LogP contribution in [0.4, 0.5) is 0 Å². The zero-order chi connectivity index (χ0) is 8.15. The molecule has 0 heterocycles. The van der Waals surface area contributed by atoms with E-state index in [0.29, 0.717) is 0 Å². The van der Waals surface area contributed by atoms with Gasteiger partial charge in [-0.25, -0.2) is 0 Å². The normalized spacial score (nSPS) is 18.0. The summed E-state index contributed by atoms with van der Waals surface area (Å²) in [4.78, 5) is 15.8. The predicted octanol–water partition coefficient (Wildman–Crippen LogP) is -1.29. The first-order valence-corrected chi connectivity index (χ1v) is 5.29. The fourth-order valence-electron chi connectivity index (χ4n) is 0.133. The van der Waals surface area contributed by atoms with E-state index in [2.05, 4.69) is 7.94 Å². The van der Waals surface area contributed by atoms with Gasteiger partial charge in [0.05, 0.1) is 0 Å². The van der Waals surface area contributed by atoms with Gasteiger partial charge in [0, 0.05) is 0 Å². The summed E-state index contributed by atoms with van der Waals surface area (Å²) in [5.74, 6) is 0. The molecule has 0 amide bonds. The minimum absolute atomic E-state index is 0. The summed E-state index contributed by atoms with van der Waals surface area (Å²) in [5, 5.41) is 0. The Balaban J connectivity index is 0. The van der Waals surface area contributed by atoms with Crippen LogP contribution in [0.25, 0.3) is 0 Å². The third-order valence-corrected chi connectivity index (χ3v) is 2.51. The van der Waals surface area contributed by atoms with Crippen LogP contribution >= 0.6 is 16.5 Å². The molecule has 0 radical (unpaired) electrons. The molecule has 11 heteroatoms. The minimum atomic E-state index is -3.39. The third kappa shape index (κ3) is 11.5. The maximum atomic E-state index is 10.1. The molecule has 11 heavy (non-hydrogen) atoms. The van der Waals surface area contributed by atoms with Gasteiger partial charge >= 0.3 is 57.4 Å². The van der Waals surface area contributed by atoms with Gasteiger partial charge in [-0.15, -0.1) is 0 Å². The van der Waals surface area contributed by atoms with Crippen molar-refractivity contribution in [2.75, 3.05) is 0 Å². The van der Waals surface area contributed by atoms with Gasteiger partial charge in [-0.05, 0) is 0 Å². The molecule has 0 aliphatic heterocycles. The van der Waals surface area contributed by atoms with Gasteiger partial charge in [-0.1, -0.05) is 0 Å². The Labute approximate surface area is 88.2 Å². The van der Waals surface area contributed by atoms with Crippen LogP contribution < -0.4 is 0 Å². The van der Waals surface area contributed by atoms with Gasteiger partial charge < -0.3 is 9.79 Å². The van der Waals surface area contributed by atoms with Gasteiger partial charge in [0.1, 0.15) is 0 Å². The second kappa shape index (κ2) is 8.07. The molecule has 0 spiro atoms. The summed E-state index contributed by atoms with van der Waals surface area (Å²) >= 11 is -2.61. The van der Waals surface area contributed by atoms with Gasteiger partial charge in [-0.3, -0.25) is 9.13 Å². The molecule has 0 saturated heterocycles. The topological polar surface area (TPSA) is 110 Å². The monoisotopic (exact) mass is 234 g/mol. The molecule has 0 aliphatic rings. The van der Waals surface area contributed by atoms with Crippen molar-refractivity contribution in [3.05, 3.63) is 0 Å². The van der Waals surface area contributed by atoms with Crippen molar-refractivity contribution in [3.8, 4) is 0 Å². The molecular weight excluding hydrogens is 229 g/mol. The van der Waals surface area contributed by atoms with Crippen LogP contribution in [0.5, 0.6) is 0 Å². The molecule has 64 valence electrons. The third-order valence-electron chi connectivity index (χ3n) is 0.279. The Morgan fingerprint density at radius 2 is 1.36 bits per heavy atom. The van der Waals surface area contributed by atoms with Gasteiger partial charge in [0.15, 0.2) is 0 Å². The Morgan fingerprint density at radius 1 is 1.09 bits per heavy atom. The molecule has 2 unspecified atom stereocenters. The molecule has 0 rings (SSSR count). The van der Waals surface area contributed by atoms with Crippen molar-refractivity contribution in [2.45, 2.75) is 0 Å². The Bertz CT molecular complexity index is 159. The van der Waals surface area contributed by atoms with Crippen molar-refractivity contribution in [3.63, 3.8) is 0 Å². The number of hydrogen-bond donors (Lipinski definition) is 2. The van der Waals surface area contributed by atoms with E-state index in [4.69, 9.17) is 9.79 Å². The second-order valence-corrected chi connectivity index (χ2v) is 3.71. The van der Waals surface area contributed by atoms with Crippen LogP contribution in [0.3, 0.4) is 0 Å². The Morgan fingerprint density at radius 3 is 1.55 bits per heavy atom. The summed E-state index contributed by atoms with van der Waals surface area (Å²) in [6.07, 6.45) is 0. The van der Waals surface area contributed by atoms with E-state index in [0.717, 1.165) is 0 Å². The summed E-state index contributed by atoms with van der Waals surface area (Å²) in [6, 6.07) is 0. The molecule has 2 N–H and O–H groups in total. The zero-order valence-corrected chi connectivity index (χ0v) is 7.16. The first kappa shape index (κ1) is 14.9. The van der Waals surface area contributed by atoms with E-state index in [1.807, 2.05) is 0 Å². The van der Waals surface area contributed by atoms with Crippen LogP contribution in [0.15, 0.2) is 0 Å². The fourth-order valence-corrected chi connectivity index (χ4v) is 1.51. The van der Waals surface area contributed by atoms with Crippen molar-refractivity contribution in [1.82, 2.24) is 0 Å². The molecule has 0 aromatic heterocycles. The van der Waals surface area contributed by atoms with Crippen molar-refractivity contribution >= 4 is 57.4 Å². The van der Waals surface area contributed by atoms with Gasteiger partial charge in [-0.2, -0.15) is 12.1 Å². The van der Waals surface area contributed by atoms with Crippen LogP contribution in [-0.4, -0.2) is 43.6 Å².